The van der Waals surface area contributed by atoms with Crippen LogP contribution in [-0.4, -0.2) is 88.0 Å². The number of rotatable bonds is 19. The van der Waals surface area contributed by atoms with E-state index in [0.29, 0.717) is 33.0 Å². The van der Waals surface area contributed by atoms with Crippen molar-refractivity contribution in [2.24, 2.45) is 10.8 Å². The Bertz CT molecular complexity index is 298. The van der Waals surface area contributed by atoms with E-state index in [-0.39, 0.29) is 39.6 Å². The molecule has 158 valence electrons. The Hall–Kier alpha value is -0.280. The Labute approximate surface area is 158 Å². The first-order valence-electron chi connectivity index (χ1n) is 9.71. The van der Waals surface area contributed by atoms with Crippen LogP contribution in [0.4, 0.5) is 0 Å². The number of hydrogen-bond donors (Lipinski definition) is 3. The quantitative estimate of drug-likeness (QED) is 0.290. The summed E-state index contributed by atoms with van der Waals surface area (Å²) in [7, 11) is 0. The second-order valence-corrected chi connectivity index (χ2v) is 7.12. The van der Waals surface area contributed by atoms with Gasteiger partial charge in [0.05, 0.1) is 63.7 Å². The highest BCUT2D eigenvalue weighted by Crippen LogP contribution is 2.23. The van der Waals surface area contributed by atoms with Crippen LogP contribution in [-0.2, 0) is 18.9 Å². The molecular formula is C19H40O7. The highest BCUT2D eigenvalue weighted by atomic mass is 16.5. The van der Waals surface area contributed by atoms with Crippen molar-refractivity contribution in [3.8, 4) is 0 Å². The van der Waals surface area contributed by atoms with E-state index in [1.807, 2.05) is 20.8 Å². The zero-order chi connectivity index (χ0) is 19.7. The van der Waals surface area contributed by atoms with Crippen molar-refractivity contribution >= 4 is 0 Å². The van der Waals surface area contributed by atoms with E-state index in [2.05, 4.69) is 0 Å². The van der Waals surface area contributed by atoms with Crippen molar-refractivity contribution in [1.82, 2.24) is 0 Å². The second-order valence-electron chi connectivity index (χ2n) is 7.12. The molecular weight excluding hydrogens is 340 g/mol. The van der Waals surface area contributed by atoms with Crippen molar-refractivity contribution in [3.63, 3.8) is 0 Å². The van der Waals surface area contributed by atoms with Gasteiger partial charge in [0.15, 0.2) is 0 Å². The minimum atomic E-state index is -0.856. The fraction of sp³-hybridized carbons (Fsp3) is 1.00. The average Bonchev–Trinajstić information content (AvgIpc) is 2.67. The van der Waals surface area contributed by atoms with Gasteiger partial charge in [-0.05, 0) is 19.3 Å². The molecule has 0 aliphatic rings. The molecule has 0 aromatic carbocycles. The SMILES string of the molecule is CCCOCC(CO)(CO)COCC(CO)(COCCC)COCCC. The fourth-order valence-corrected chi connectivity index (χ4v) is 2.32. The molecule has 0 atom stereocenters. The minimum Gasteiger partial charge on any atom is -0.396 e. The first kappa shape index (κ1) is 25.7. The zero-order valence-electron chi connectivity index (χ0n) is 16.9. The fourth-order valence-electron chi connectivity index (χ4n) is 2.32. The van der Waals surface area contributed by atoms with Crippen molar-refractivity contribution in [1.29, 1.82) is 0 Å². The summed E-state index contributed by atoms with van der Waals surface area (Å²) < 4.78 is 22.6. The summed E-state index contributed by atoms with van der Waals surface area (Å²) in [4.78, 5) is 0. The molecule has 0 unspecified atom stereocenters. The van der Waals surface area contributed by atoms with Crippen molar-refractivity contribution in [2.45, 2.75) is 40.0 Å². The number of aliphatic hydroxyl groups excluding tert-OH is 3. The molecule has 0 fully saturated rings. The molecule has 0 spiro atoms. The van der Waals surface area contributed by atoms with E-state index >= 15 is 0 Å². The summed E-state index contributed by atoms with van der Waals surface area (Å²) in [6.07, 6.45) is 2.65. The van der Waals surface area contributed by atoms with Crippen LogP contribution in [0.2, 0.25) is 0 Å². The minimum absolute atomic E-state index is 0.127. The first-order valence-corrected chi connectivity index (χ1v) is 9.71. The van der Waals surface area contributed by atoms with Crippen LogP contribution in [0.15, 0.2) is 0 Å². The van der Waals surface area contributed by atoms with Gasteiger partial charge in [0.1, 0.15) is 0 Å². The molecule has 0 saturated heterocycles. The molecule has 3 N–H and O–H groups in total. The van der Waals surface area contributed by atoms with E-state index < -0.39 is 10.8 Å². The Kier molecular flexibility index (Phi) is 15.6. The van der Waals surface area contributed by atoms with Gasteiger partial charge in [-0.3, -0.25) is 0 Å². The van der Waals surface area contributed by atoms with E-state index in [1.54, 1.807) is 0 Å². The summed E-state index contributed by atoms with van der Waals surface area (Å²) in [6, 6.07) is 0. The van der Waals surface area contributed by atoms with Gasteiger partial charge in [-0.15, -0.1) is 0 Å². The molecule has 0 bridgehead atoms. The highest BCUT2D eigenvalue weighted by Gasteiger charge is 2.34. The van der Waals surface area contributed by atoms with Gasteiger partial charge in [-0.2, -0.15) is 0 Å². The molecule has 0 aliphatic carbocycles. The molecule has 7 nitrogen and oxygen atoms in total. The van der Waals surface area contributed by atoms with Gasteiger partial charge in [0.2, 0.25) is 0 Å². The Morgan fingerprint density at radius 3 is 1.15 bits per heavy atom. The largest absolute Gasteiger partial charge is 0.396 e. The topological polar surface area (TPSA) is 97.6 Å². The lowest BCUT2D eigenvalue weighted by Gasteiger charge is -2.34. The predicted molar refractivity (Wildman–Crippen MR) is 100 cm³/mol. The van der Waals surface area contributed by atoms with Gasteiger partial charge in [0.25, 0.3) is 0 Å². The van der Waals surface area contributed by atoms with Crippen LogP contribution >= 0.6 is 0 Å². The number of hydrogen-bond acceptors (Lipinski definition) is 7. The predicted octanol–water partition coefficient (Wildman–Crippen LogP) is 1.23. The van der Waals surface area contributed by atoms with E-state index in [0.717, 1.165) is 19.3 Å². The molecule has 0 radical (unpaired) electrons. The number of aliphatic hydroxyl groups is 3. The molecule has 26 heavy (non-hydrogen) atoms. The molecule has 0 aromatic heterocycles. The second kappa shape index (κ2) is 15.7. The van der Waals surface area contributed by atoms with Crippen LogP contribution in [0.25, 0.3) is 0 Å². The van der Waals surface area contributed by atoms with Gasteiger partial charge in [0, 0.05) is 19.8 Å². The maximum Gasteiger partial charge on any atom is 0.0635 e. The zero-order valence-corrected chi connectivity index (χ0v) is 16.9. The Morgan fingerprint density at radius 1 is 0.500 bits per heavy atom. The molecule has 0 amide bonds. The molecule has 0 aliphatic heterocycles. The van der Waals surface area contributed by atoms with E-state index in [9.17, 15) is 15.3 Å². The van der Waals surface area contributed by atoms with Crippen molar-refractivity contribution < 1.29 is 34.3 Å². The Morgan fingerprint density at radius 2 is 0.808 bits per heavy atom. The lowest BCUT2D eigenvalue weighted by atomic mass is 9.90. The third-order valence-electron chi connectivity index (χ3n) is 4.09. The van der Waals surface area contributed by atoms with Crippen LogP contribution in [0.5, 0.6) is 0 Å². The maximum absolute atomic E-state index is 9.93. The normalized spacial score (nSPS) is 12.7. The standard InChI is InChI=1S/C19H40O7/c1-4-7-23-13-18(10-20,11-21)14-26-17-19(12-22,15-24-8-5-2)16-25-9-6-3/h20-22H,4-17H2,1-3H3. The Balaban J connectivity index is 4.74. The third-order valence-corrected chi connectivity index (χ3v) is 4.09. The molecule has 0 rings (SSSR count). The summed E-state index contributed by atoms with van der Waals surface area (Å²) in [6.45, 7) is 8.46. The van der Waals surface area contributed by atoms with Gasteiger partial charge in [-0.25, -0.2) is 0 Å². The van der Waals surface area contributed by atoms with Gasteiger partial charge >= 0.3 is 0 Å². The summed E-state index contributed by atoms with van der Waals surface area (Å²) in [5.41, 5.74) is -1.52. The summed E-state index contributed by atoms with van der Waals surface area (Å²) >= 11 is 0. The molecule has 7 heteroatoms. The van der Waals surface area contributed by atoms with Gasteiger partial charge < -0.3 is 34.3 Å². The molecule has 0 aromatic rings. The van der Waals surface area contributed by atoms with Crippen molar-refractivity contribution in [3.05, 3.63) is 0 Å². The summed E-state index contributed by atoms with van der Waals surface area (Å²) in [5.74, 6) is 0. The van der Waals surface area contributed by atoms with Crippen LogP contribution < -0.4 is 0 Å². The smallest absolute Gasteiger partial charge is 0.0635 e. The van der Waals surface area contributed by atoms with Crippen molar-refractivity contribution in [2.75, 3.05) is 72.7 Å². The van der Waals surface area contributed by atoms with E-state index in [1.165, 1.54) is 0 Å². The monoisotopic (exact) mass is 380 g/mol. The highest BCUT2D eigenvalue weighted by molar-refractivity contribution is 4.81. The summed E-state index contributed by atoms with van der Waals surface area (Å²) in [5, 5.41) is 29.3. The lowest BCUT2D eigenvalue weighted by molar-refractivity contribution is -0.125. The van der Waals surface area contributed by atoms with Gasteiger partial charge in [-0.1, -0.05) is 20.8 Å². The van der Waals surface area contributed by atoms with Crippen LogP contribution in [0.1, 0.15) is 40.0 Å². The van der Waals surface area contributed by atoms with Crippen LogP contribution in [0.3, 0.4) is 0 Å². The molecule has 0 saturated carbocycles. The number of ether oxygens (including phenoxy) is 4. The van der Waals surface area contributed by atoms with E-state index in [4.69, 9.17) is 18.9 Å². The maximum atomic E-state index is 9.93. The lowest BCUT2D eigenvalue weighted by Crippen LogP contribution is -2.44. The van der Waals surface area contributed by atoms with Crippen LogP contribution in [0, 0.1) is 10.8 Å². The average molecular weight is 381 g/mol. The molecule has 0 heterocycles. The first-order chi connectivity index (χ1) is 12.6. The third kappa shape index (κ3) is 10.2.